The molecule has 0 radical (unpaired) electrons. The molecule has 0 bridgehead atoms. The van der Waals surface area contributed by atoms with Crippen molar-refractivity contribution in [2.75, 3.05) is 0 Å². The lowest BCUT2D eigenvalue weighted by atomic mass is 9.90. The zero-order valence-electron chi connectivity index (χ0n) is 12.0. The van der Waals surface area contributed by atoms with Gasteiger partial charge in [0.05, 0.1) is 0 Å². The average Bonchev–Trinajstić information content (AvgIpc) is 2.32. The van der Waals surface area contributed by atoms with Crippen LogP contribution in [0.5, 0.6) is 0 Å². The van der Waals surface area contributed by atoms with Gasteiger partial charge in [0.1, 0.15) is 5.60 Å². The number of allylic oxidation sites excluding steroid dienone is 1. The first-order chi connectivity index (χ1) is 8.08. The minimum absolute atomic E-state index is 0.819. The maximum Gasteiger partial charge on any atom is 0.101 e. The largest absolute Gasteiger partial charge is 0.382 e. The number of rotatable bonds is 10. The van der Waals surface area contributed by atoms with Crippen LogP contribution in [0.15, 0.2) is 24.3 Å². The lowest BCUT2D eigenvalue weighted by molar-refractivity contribution is 0.146. The summed E-state index contributed by atoms with van der Waals surface area (Å²) in [7, 11) is 0. The highest BCUT2D eigenvalue weighted by Crippen LogP contribution is 2.24. The fourth-order valence-corrected chi connectivity index (χ4v) is 1.93. The van der Waals surface area contributed by atoms with Gasteiger partial charge < -0.3 is 5.11 Å². The standard InChI is InChI=1S/C16H30O/c1-5-8-10-12-14-15(13-11-9-6-2)16(4,17)7-3/h7,14,17H,3,5-6,8-13H2,1-2,4H3/b15-14+. The van der Waals surface area contributed by atoms with Crippen LogP contribution in [0.3, 0.4) is 0 Å². The van der Waals surface area contributed by atoms with Crippen LogP contribution in [-0.4, -0.2) is 10.7 Å². The van der Waals surface area contributed by atoms with Crippen molar-refractivity contribution < 1.29 is 5.11 Å². The Labute approximate surface area is 108 Å². The number of aliphatic hydroxyl groups is 1. The second-order valence-electron chi connectivity index (χ2n) is 5.03. The molecule has 0 fully saturated rings. The van der Waals surface area contributed by atoms with E-state index in [-0.39, 0.29) is 0 Å². The maximum atomic E-state index is 10.3. The highest BCUT2D eigenvalue weighted by molar-refractivity contribution is 5.21. The van der Waals surface area contributed by atoms with E-state index < -0.39 is 5.60 Å². The highest BCUT2D eigenvalue weighted by atomic mass is 16.3. The monoisotopic (exact) mass is 238 g/mol. The molecule has 17 heavy (non-hydrogen) atoms. The van der Waals surface area contributed by atoms with E-state index in [2.05, 4.69) is 26.5 Å². The normalized spacial score (nSPS) is 15.6. The molecule has 1 N–H and O–H groups in total. The van der Waals surface area contributed by atoms with Crippen LogP contribution in [0.25, 0.3) is 0 Å². The van der Waals surface area contributed by atoms with Crippen LogP contribution < -0.4 is 0 Å². The molecule has 0 aromatic heterocycles. The third-order valence-corrected chi connectivity index (χ3v) is 3.30. The Morgan fingerprint density at radius 1 is 1.12 bits per heavy atom. The van der Waals surface area contributed by atoms with E-state index in [1.807, 2.05) is 6.92 Å². The molecule has 0 aliphatic heterocycles. The van der Waals surface area contributed by atoms with Gasteiger partial charge in [-0.3, -0.25) is 0 Å². The summed E-state index contributed by atoms with van der Waals surface area (Å²) >= 11 is 0. The van der Waals surface area contributed by atoms with Gasteiger partial charge in [-0.2, -0.15) is 0 Å². The summed E-state index contributed by atoms with van der Waals surface area (Å²) in [4.78, 5) is 0. The zero-order chi connectivity index (χ0) is 13.1. The molecule has 0 aliphatic rings. The van der Waals surface area contributed by atoms with Gasteiger partial charge in [-0.05, 0) is 38.2 Å². The maximum absolute atomic E-state index is 10.3. The molecule has 1 unspecified atom stereocenters. The van der Waals surface area contributed by atoms with Crippen LogP contribution in [0.1, 0.15) is 72.1 Å². The van der Waals surface area contributed by atoms with Gasteiger partial charge in [0.25, 0.3) is 0 Å². The van der Waals surface area contributed by atoms with E-state index >= 15 is 0 Å². The molecule has 1 heteroatoms. The van der Waals surface area contributed by atoms with Crippen LogP contribution in [0.2, 0.25) is 0 Å². The fourth-order valence-electron chi connectivity index (χ4n) is 1.93. The van der Waals surface area contributed by atoms with E-state index in [9.17, 15) is 5.11 Å². The Morgan fingerprint density at radius 3 is 2.24 bits per heavy atom. The third-order valence-electron chi connectivity index (χ3n) is 3.30. The van der Waals surface area contributed by atoms with E-state index in [4.69, 9.17) is 0 Å². The predicted molar refractivity (Wildman–Crippen MR) is 77.2 cm³/mol. The van der Waals surface area contributed by atoms with Crippen molar-refractivity contribution in [1.29, 1.82) is 0 Å². The molecule has 0 saturated heterocycles. The molecular weight excluding hydrogens is 208 g/mol. The molecule has 0 aliphatic carbocycles. The van der Waals surface area contributed by atoms with Gasteiger partial charge >= 0.3 is 0 Å². The highest BCUT2D eigenvalue weighted by Gasteiger charge is 2.20. The minimum atomic E-state index is -0.819. The smallest absolute Gasteiger partial charge is 0.101 e. The van der Waals surface area contributed by atoms with Crippen LogP contribution in [0, 0.1) is 0 Å². The van der Waals surface area contributed by atoms with Crippen molar-refractivity contribution in [1.82, 2.24) is 0 Å². The molecule has 1 nitrogen and oxygen atoms in total. The molecule has 100 valence electrons. The summed E-state index contributed by atoms with van der Waals surface area (Å²) in [6.45, 7) is 10.00. The Balaban J connectivity index is 4.33. The minimum Gasteiger partial charge on any atom is -0.382 e. The SMILES string of the molecule is C=CC(C)(O)/C(=C/CCCCC)CCCCC. The van der Waals surface area contributed by atoms with Gasteiger partial charge in [-0.25, -0.2) is 0 Å². The lowest BCUT2D eigenvalue weighted by Crippen LogP contribution is -2.23. The molecule has 0 rings (SSSR count). The number of hydrogen-bond acceptors (Lipinski definition) is 1. The number of unbranched alkanes of at least 4 members (excludes halogenated alkanes) is 5. The summed E-state index contributed by atoms with van der Waals surface area (Å²) in [5.41, 5.74) is 0.331. The quantitative estimate of drug-likeness (QED) is 0.419. The lowest BCUT2D eigenvalue weighted by Gasteiger charge is -2.23. The van der Waals surface area contributed by atoms with Crippen LogP contribution >= 0.6 is 0 Å². The first-order valence-corrected chi connectivity index (χ1v) is 7.14. The van der Waals surface area contributed by atoms with Crippen molar-refractivity contribution >= 4 is 0 Å². The van der Waals surface area contributed by atoms with Gasteiger partial charge in [0.2, 0.25) is 0 Å². The van der Waals surface area contributed by atoms with Crippen molar-refractivity contribution in [2.24, 2.45) is 0 Å². The fraction of sp³-hybridized carbons (Fsp3) is 0.750. The van der Waals surface area contributed by atoms with Crippen molar-refractivity contribution in [3.8, 4) is 0 Å². The molecule has 0 heterocycles. The average molecular weight is 238 g/mol. The summed E-state index contributed by atoms with van der Waals surface area (Å²) in [6, 6.07) is 0. The Bertz CT molecular complexity index is 226. The van der Waals surface area contributed by atoms with Crippen molar-refractivity contribution in [3.63, 3.8) is 0 Å². The third kappa shape index (κ3) is 7.38. The van der Waals surface area contributed by atoms with Gasteiger partial charge in [0, 0.05) is 0 Å². The molecule has 0 spiro atoms. The second kappa shape index (κ2) is 9.47. The Kier molecular flexibility index (Phi) is 9.16. The first kappa shape index (κ1) is 16.4. The van der Waals surface area contributed by atoms with E-state index in [1.54, 1.807) is 6.08 Å². The van der Waals surface area contributed by atoms with Crippen LogP contribution in [0.4, 0.5) is 0 Å². The Hall–Kier alpha value is -0.560. The van der Waals surface area contributed by atoms with Gasteiger partial charge in [0.15, 0.2) is 0 Å². The van der Waals surface area contributed by atoms with Crippen molar-refractivity contribution in [2.45, 2.75) is 77.7 Å². The molecule has 0 saturated carbocycles. The molecule has 1 atom stereocenters. The molecule has 0 aromatic rings. The van der Waals surface area contributed by atoms with Crippen LogP contribution in [-0.2, 0) is 0 Å². The Morgan fingerprint density at radius 2 is 1.71 bits per heavy atom. The predicted octanol–water partition coefficient (Wildman–Crippen LogP) is 5.01. The van der Waals surface area contributed by atoms with E-state index in [0.29, 0.717) is 0 Å². The topological polar surface area (TPSA) is 20.2 Å². The first-order valence-electron chi connectivity index (χ1n) is 7.14. The second-order valence-corrected chi connectivity index (χ2v) is 5.03. The summed E-state index contributed by atoms with van der Waals surface area (Å²) in [5, 5.41) is 10.3. The van der Waals surface area contributed by atoms with Gasteiger partial charge in [-0.1, -0.05) is 58.3 Å². The molecule has 0 amide bonds. The van der Waals surface area contributed by atoms with E-state index in [0.717, 1.165) is 18.4 Å². The van der Waals surface area contributed by atoms with Gasteiger partial charge in [-0.15, -0.1) is 0 Å². The summed E-state index contributed by atoms with van der Waals surface area (Å²) in [5.74, 6) is 0. The molecular formula is C16H30O. The zero-order valence-corrected chi connectivity index (χ0v) is 12.0. The summed E-state index contributed by atoms with van der Waals surface area (Å²) in [6.07, 6.45) is 13.3. The summed E-state index contributed by atoms with van der Waals surface area (Å²) < 4.78 is 0. The molecule has 0 aromatic carbocycles. The number of hydrogen-bond donors (Lipinski definition) is 1. The van der Waals surface area contributed by atoms with Crippen molar-refractivity contribution in [3.05, 3.63) is 24.3 Å². The van der Waals surface area contributed by atoms with E-state index in [1.165, 1.54) is 38.5 Å².